The van der Waals surface area contributed by atoms with E-state index in [4.69, 9.17) is 4.74 Å². The fourth-order valence-electron chi connectivity index (χ4n) is 4.26. The van der Waals surface area contributed by atoms with Crippen LogP contribution in [0, 0.1) is 11.8 Å². The number of rotatable bonds is 5. The first-order valence-electron chi connectivity index (χ1n) is 9.94. The highest BCUT2D eigenvalue weighted by atomic mass is 16.5. The topological polar surface area (TPSA) is 49.9 Å². The van der Waals surface area contributed by atoms with Crippen LogP contribution in [0.25, 0.3) is 0 Å². The molecule has 146 valence electrons. The standard InChI is InChI=1S/C22H30N2O3/c1-4-13-27-19-9-5-7-17(14-19)22(26)24-11-6-8-18-15-23(12-10-20(18)24)21(25)16(2)3/h4-5,7,9,14,16,18,20H,1,6,8,10-13,15H2,2-3H3/t18-,20-/m1/s1. The first kappa shape index (κ1) is 19.5. The van der Waals surface area contributed by atoms with Crippen LogP contribution >= 0.6 is 0 Å². The highest BCUT2D eigenvalue weighted by Crippen LogP contribution is 2.32. The predicted octanol–water partition coefficient (Wildman–Crippen LogP) is 3.36. The van der Waals surface area contributed by atoms with Gasteiger partial charge in [-0.1, -0.05) is 32.6 Å². The number of likely N-dealkylation sites (tertiary alicyclic amines) is 2. The molecule has 2 atom stereocenters. The molecule has 2 saturated heterocycles. The first-order chi connectivity index (χ1) is 13.0. The molecule has 5 nitrogen and oxygen atoms in total. The molecule has 0 aromatic heterocycles. The second kappa shape index (κ2) is 8.59. The monoisotopic (exact) mass is 370 g/mol. The summed E-state index contributed by atoms with van der Waals surface area (Å²) in [7, 11) is 0. The summed E-state index contributed by atoms with van der Waals surface area (Å²) in [4.78, 5) is 29.5. The summed E-state index contributed by atoms with van der Waals surface area (Å²) < 4.78 is 5.57. The fraction of sp³-hybridized carbons (Fsp3) is 0.545. The van der Waals surface area contributed by atoms with Crippen LogP contribution in [0.15, 0.2) is 36.9 Å². The van der Waals surface area contributed by atoms with Gasteiger partial charge in [-0.2, -0.15) is 0 Å². The van der Waals surface area contributed by atoms with Gasteiger partial charge in [0.2, 0.25) is 5.91 Å². The van der Waals surface area contributed by atoms with Crippen LogP contribution in [-0.2, 0) is 4.79 Å². The van der Waals surface area contributed by atoms with Crippen molar-refractivity contribution in [1.29, 1.82) is 0 Å². The molecule has 2 aliphatic heterocycles. The number of amides is 2. The van der Waals surface area contributed by atoms with Crippen molar-refractivity contribution in [1.82, 2.24) is 9.80 Å². The normalized spacial score (nSPS) is 22.3. The van der Waals surface area contributed by atoms with E-state index in [0.29, 0.717) is 23.8 Å². The highest BCUT2D eigenvalue weighted by molar-refractivity contribution is 5.95. The maximum Gasteiger partial charge on any atom is 0.254 e. The summed E-state index contributed by atoms with van der Waals surface area (Å²) in [6.45, 7) is 10.3. The van der Waals surface area contributed by atoms with Crippen LogP contribution in [0.5, 0.6) is 5.75 Å². The molecule has 0 aliphatic carbocycles. The van der Waals surface area contributed by atoms with Gasteiger partial charge in [0.05, 0.1) is 0 Å². The zero-order valence-electron chi connectivity index (χ0n) is 16.4. The lowest BCUT2D eigenvalue weighted by molar-refractivity contribution is -0.137. The second-order valence-electron chi connectivity index (χ2n) is 7.82. The zero-order chi connectivity index (χ0) is 19.4. The Morgan fingerprint density at radius 1 is 1.30 bits per heavy atom. The number of hydrogen-bond acceptors (Lipinski definition) is 3. The molecule has 0 radical (unpaired) electrons. The van der Waals surface area contributed by atoms with Crippen molar-refractivity contribution in [2.45, 2.75) is 39.2 Å². The van der Waals surface area contributed by atoms with Gasteiger partial charge in [-0.3, -0.25) is 9.59 Å². The van der Waals surface area contributed by atoms with Gasteiger partial charge < -0.3 is 14.5 Å². The third-order valence-corrected chi connectivity index (χ3v) is 5.58. The maximum absolute atomic E-state index is 13.2. The molecule has 27 heavy (non-hydrogen) atoms. The molecule has 2 amide bonds. The van der Waals surface area contributed by atoms with Gasteiger partial charge in [-0.05, 0) is 43.4 Å². The third kappa shape index (κ3) is 4.34. The quantitative estimate of drug-likeness (QED) is 0.747. The lowest BCUT2D eigenvalue weighted by Gasteiger charge is -2.47. The summed E-state index contributed by atoms with van der Waals surface area (Å²) >= 11 is 0. The van der Waals surface area contributed by atoms with Gasteiger partial charge in [-0.15, -0.1) is 0 Å². The molecular formula is C22H30N2O3. The van der Waals surface area contributed by atoms with Crippen molar-refractivity contribution < 1.29 is 14.3 Å². The van der Waals surface area contributed by atoms with Gasteiger partial charge in [0, 0.05) is 37.2 Å². The lowest BCUT2D eigenvalue weighted by atomic mass is 9.83. The molecule has 0 unspecified atom stereocenters. The molecule has 1 aromatic carbocycles. The Labute approximate surface area is 162 Å². The van der Waals surface area contributed by atoms with E-state index in [1.54, 1.807) is 6.08 Å². The van der Waals surface area contributed by atoms with Crippen LogP contribution < -0.4 is 4.74 Å². The molecule has 0 spiro atoms. The Hall–Kier alpha value is -2.30. The molecule has 0 N–H and O–H groups in total. The summed E-state index contributed by atoms with van der Waals surface area (Å²) in [6.07, 6.45) is 4.62. The Kier molecular flexibility index (Phi) is 6.19. The van der Waals surface area contributed by atoms with Crippen molar-refractivity contribution >= 4 is 11.8 Å². The molecule has 2 heterocycles. The van der Waals surface area contributed by atoms with E-state index < -0.39 is 0 Å². The van der Waals surface area contributed by atoms with Crippen molar-refractivity contribution in [2.24, 2.45) is 11.8 Å². The Balaban J connectivity index is 1.71. The molecule has 0 bridgehead atoms. The summed E-state index contributed by atoms with van der Waals surface area (Å²) in [5, 5.41) is 0. The molecule has 2 fully saturated rings. The average Bonchev–Trinajstić information content (AvgIpc) is 2.70. The van der Waals surface area contributed by atoms with E-state index in [0.717, 1.165) is 38.9 Å². The van der Waals surface area contributed by atoms with E-state index >= 15 is 0 Å². The van der Waals surface area contributed by atoms with Crippen LogP contribution in [-0.4, -0.2) is 53.9 Å². The number of carbonyl (C=O) groups excluding carboxylic acids is 2. The van der Waals surface area contributed by atoms with Crippen LogP contribution in [0.1, 0.15) is 43.5 Å². The van der Waals surface area contributed by atoms with Gasteiger partial charge in [0.1, 0.15) is 12.4 Å². The van der Waals surface area contributed by atoms with Crippen LogP contribution in [0.4, 0.5) is 0 Å². The molecule has 0 saturated carbocycles. The van der Waals surface area contributed by atoms with Crippen molar-refractivity contribution in [3.05, 3.63) is 42.5 Å². The van der Waals surface area contributed by atoms with Gasteiger partial charge in [0.15, 0.2) is 0 Å². The largest absolute Gasteiger partial charge is 0.490 e. The number of carbonyl (C=O) groups is 2. The SMILES string of the molecule is C=CCOc1cccc(C(=O)N2CCC[C@@H]3CN(C(=O)C(C)C)CC[C@H]32)c1. The molecule has 2 aliphatic rings. The predicted molar refractivity (Wildman–Crippen MR) is 106 cm³/mol. The number of benzene rings is 1. The third-order valence-electron chi connectivity index (χ3n) is 5.58. The lowest BCUT2D eigenvalue weighted by Crippen LogP contribution is -2.57. The van der Waals surface area contributed by atoms with Crippen LogP contribution in [0.2, 0.25) is 0 Å². The molecular weight excluding hydrogens is 340 g/mol. The summed E-state index contributed by atoms with van der Waals surface area (Å²) in [6, 6.07) is 7.60. The Bertz CT molecular complexity index is 701. The smallest absolute Gasteiger partial charge is 0.254 e. The molecule has 1 aromatic rings. The Morgan fingerprint density at radius 2 is 2.11 bits per heavy atom. The minimum Gasteiger partial charge on any atom is -0.490 e. The highest BCUT2D eigenvalue weighted by Gasteiger charge is 2.39. The van der Waals surface area contributed by atoms with E-state index in [-0.39, 0.29) is 23.8 Å². The van der Waals surface area contributed by atoms with Gasteiger partial charge in [0.25, 0.3) is 5.91 Å². The van der Waals surface area contributed by atoms with E-state index in [1.807, 2.05) is 47.9 Å². The fourth-order valence-corrected chi connectivity index (χ4v) is 4.26. The molecule has 3 rings (SSSR count). The summed E-state index contributed by atoms with van der Waals surface area (Å²) in [5.41, 5.74) is 0.665. The number of hydrogen-bond donors (Lipinski definition) is 0. The van der Waals surface area contributed by atoms with Crippen molar-refractivity contribution in [2.75, 3.05) is 26.2 Å². The Morgan fingerprint density at radius 3 is 2.85 bits per heavy atom. The number of nitrogens with zero attached hydrogens (tertiary/aromatic N) is 2. The minimum atomic E-state index is 0.0289. The van der Waals surface area contributed by atoms with Crippen molar-refractivity contribution in [3.8, 4) is 5.75 Å². The average molecular weight is 370 g/mol. The zero-order valence-corrected chi connectivity index (χ0v) is 16.4. The number of fused-ring (bicyclic) bond motifs is 1. The minimum absolute atomic E-state index is 0.0289. The maximum atomic E-state index is 13.2. The number of ether oxygens (including phenoxy) is 1. The van der Waals surface area contributed by atoms with Gasteiger partial charge in [-0.25, -0.2) is 0 Å². The van der Waals surface area contributed by atoms with E-state index in [1.165, 1.54) is 0 Å². The summed E-state index contributed by atoms with van der Waals surface area (Å²) in [5.74, 6) is 1.38. The second-order valence-corrected chi connectivity index (χ2v) is 7.82. The van der Waals surface area contributed by atoms with E-state index in [9.17, 15) is 9.59 Å². The van der Waals surface area contributed by atoms with Crippen molar-refractivity contribution in [3.63, 3.8) is 0 Å². The number of piperidine rings is 2. The first-order valence-corrected chi connectivity index (χ1v) is 9.94. The van der Waals surface area contributed by atoms with Crippen LogP contribution in [0.3, 0.4) is 0 Å². The van der Waals surface area contributed by atoms with E-state index in [2.05, 4.69) is 6.58 Å². The van der Waals surface area contributed by atoms with Gasteiger partial charge >= 0.3 is 0 Å². The molecule has 5 heteroatoms.